The SMILES string of the molecule is Cc1oc(Cn2cccc2C#N)cc1C(=O)O. The number of rotatable bonds is 3. The molecule has 0 aliphatic carbocycles. The largest absolute Gasteiger partial charge is 0.478 e. The predicted molar refractivity (Wildman–Crippen MR) is 58.7 cm³/mol. The molecule has 0 unspecified atom stereocenters. The van der Waals surface area contributed by atoms with E-state index in [4.69, 9.17) is 14.8 Å². The molecule has 0 radical (unpaired) electrons. The smallest absolute Gasteiger partial charge is 0.339 e. The van der Waals surface area contributed by atoms with E-state index in [2.05, 4.69) is 0 Å². The molecule has 0 saturated carbocycles. The van der Waals surface area contributed by atoms with E-state index in [1.54, 1.807) is 29.8 Å². The summed E-state index contributed by atoms with van der Waals surface area (Å²) in [6.07, 6.45) is 1.75. The van der Waals surface area contributed by atoms with E-state index in [1.165, 1.54) is 6.07 Å². The fraction of sp³-hybridized carbons (Fsp3) is 0.167. The Bertz CT molecular complexity index is 602. The molecular weight excluding hydrogens is 220 g/mol. The van der Waals surface area contributed by atoms with Crippen LogP contribution in [0.1, 0.15) is 27.6 Å². The zero-order valence-electron chi connectivity index (χ0n) is 9.17. The molecule has 0 spiro atoms. The molecular formula is C12H10N2O3. The molecule has 0 aromatic carbocycles. The van der Waals surface area contributed by atoms with Gasteiger partial charge in [-0.15, -0.1) is 0 Å². The molecule has 0 saturated heterocycles. The molecule has 0 fully saturated rings. The first kappa shape index (κ1) is 11.0. The maximum atomic E-state index is 10.8. The highest BCUT2D eigenvalue weighted by molar-refractivity contribution is 5.88. The van der Waals surface area contributed by atoms with Crippen LogP contribution in [0.25, 0.3) is 0 Å². The monoisotopic (exact) mass is 230 g/mol. The number of carboxylic acid groups (broad SMARTS) is 1. The van der Waals surface area contributed by atoms with E-state index in [9.17, 15) is 4.79 Å². The second-order valence-electron chi connectivity index (χ2n) is 3.62. The van der Waals surface area contributed by atoms with E-state index in [1.807, 2.05) is 6.07 Å². The first-order valence-corrected chi connectivity index (χ1v) is 4.99. The number of hydrogen-bond donors (Lipinski definition) is 1. The number of aryl methyl sites for hydroxylation is 1. The van der Waals surface area contributed by atoms with Crippen LogP contribution in [0.2, 0.25) is 0 Å². The average Bonchev–Trinajstić information content (AvgIpc) is 2.85. The Kier molecular flexibility index (Phi) is 2.71. The van der Waals surface area contributed by atoms with Crippen LogP contribution in [0.4, 0.5) is 0 Å². The van der Waals surface area contributed by atoms with Crippen molar-refractivity contribution in [2.24, 2.45) is 0 Å². The van der Waals surface area contributed by atoms with Gasteiger partial charge in [-0.25, -0.2) is 4.79 Å². The van der Waals surface area contributed by atoms with Crippen molar-refractivity contribution in [1.82, 2.24) is 4.57 Å². The molecule has 5 nitrogen and oxygen atoms in total. The van der Waals surface area contributed by atoms with Gasteiger partial charge in [-0.1, -0.05) is 0 Å². The summed E-state index contributed by atoms with van der Waals surface area (Å²) in [7, 11) is 0. The zero-order valence-corrected chi connectivity index (χ0v) is 9.17. The maximum Gasteiger partial charge on any atom is 0.339 e. The van der Waals surface area contributed by atoms with E-state index in [-0.39, 0.29) is 5.56 Å². The van der Waals surface area contributed by atoms with E-state index < -0.39 is 5.97 Å². The van der Waals surface area contributed by atoms with Gasteiger partial charge in [0.15, 0.2) is 0 Å². The van der Waals surface area contributed by atoms with Crippen molar-refractivity contribution in [1.29, 1.82) is 5.26 Å². The van der Waals surface area contributed by atoms with Crippen LogP contribution in [0.15, 0.2) is 28.8 Å². The second kappa shape index (κ2) is 4.18. The molecule has 0 aliphatic heterocycles. The molecule has 5 heteroatoms. The Balaban J connectivity index is 2.29. The van der Waals surface area contributed by atoms with Gasteiger partial charge in [0, 0.05) is 6.20 Å². The van der Waals surface area contributed by atoms with Gasteiger partial charge >= 0.3 is 5.97 Å². The topological polar surface area (TPSA) is 79.2 Å². The van der Waals surface area contributed by atoms with Crippen LogP contribution < -0.4 is 0 Å². The van der Waals surface area contributed by atoms with Gasteiger partial charge in [0.2, 0.25) is 0 Å². The van der Waals surface area contributed by atoms with Crippen LogP contribution in [0.3, 0.4) is 0 Å². The quantitative estimate of drug-likeness (QED) is 0.874. The number of nitrogens with zero attached hydrogens (tertiary/aromatic N) is 2. The molecule has 86 valence electrons. The van der Waals surface area contributed by atoms with E-state index in [0.29, 0.717) is 23.8 Å². The highest BCUT2D eigenvalue weighted by Crippen LogP contribution is 2.16. The summed E-state index contributed by atoms with van der Waals surface area (Å²) in [6, 6.07) is 6.97. The number of aromatic carboxylic acids is 1. The summed E-state index contributed by atoms with van der Waals surface area (Å²) >= 11 is 0. The van der Waals surface area contributed by atoms with Crippen LogP contribution in [-0.4, -0.2) is 15.6 Å². The summed E-state index contributed by atoms with van der Waals surface area (Å²) in [6.45, 7) is 1.96. The van der Waals surface area contributed by atoms with Gasteiger partial charge in [0.1, 0.15) is 28.8 Å². The summed E-state index contributed by atoms with van der Waals surface area (Å²) in [5, 5.41) is 17.7. The molecule has 17 heavy (non-hydrogen) atoms. The van der Waals surface area contributed by atoms with Crippen molar-refractivity contribution in [3.8, 4) is 6.07 Å². The van der Waals surface area contributed by atoms with Crippen LogP contribution in [-0.2, 0) is 6.54 Å². The van der Waals surface area contributed by atoms with Crippen molar-refractivity contribution in [2.45, 2.75) is 13.5 Å². The Morgan fingerprint density at radius 1 is 1.65 bits per heavy atom. The fourth-order valence-electron chi connectivity index (χ4n) is 1.66. The number of nitriles is 1. The molecule has 2 heterocycles. The molecule has 0 atom stereocenters. The highest BCUT2D eigenvalue weighted by atomic mass is 16.4. The predicted octanol–water partition coefficient (Wildman–Crippen LogP) is 2.01. The summed E-state index contributed by atoms with van der Waals surface area (Å²) in [5.74, 6) is -0.115. The van der Waals surface area contributed by atoms with Crippen LogP contribution >= 0.6 is 0 Å². The Morgan fingerprint density at radius 3 is 3.00 bits per heavy atom. The number of carboxylic acids is 1. The number of carbonyl (C=O) groups is 1. The highest BCUT2D eigenvalue weighted by Gasteiger charge is 2.14. The third-order valence-electron chi connectivity index (χ3n) is 2.47. The van der Waals surface area contributed by atoms with Crippen LogP contribution in [0, 0.1) is 18.3 Å². The van der Waals surface area contributed by atoms with Gasteiger partial charge in [-0.2, -0.15) is 5.26 Å². The minimum Gasteiger partial charge on any atom is -0.478 e. The normalized spacial score (nSPS) is 10.1. The lowest BCUT2D eigenvalue weighted by Gasteiger charge is -2.00. The lowest BCUT2D eigenvalue weighted by Crippen LogP contribution is -1.99. The van der Waals surface area contributed by atoms with Crippen molar-refractivity contribution >= 4 is 5.97 Å². The first-order valence-electron chi connectivity index (χ1n) is 4.99. The molecule has 0 aliphatic rings. The lowest BCUT2D eigenvalue weighted by atomic mass is 10.2. The maximum absolute atomic E-state index is 10.8. The Hall–Kier alpha value is -2.48. The van der Waals surface area contributed by atoms with Gasteiger partial charge in [-0.05, 0) is 25.1 Å². The molecule has 2 aromatic heterocycles. The van der Waals surface area contributed by atoms with Crippen molar-refractivity contribution in [3.05, 3.63) is 47.2 Å². The van der Waals surface area contributed by atoms with Gasteiger partial charge in [0.25, 0.3) is 0 Å². The second-order valence-corrected chi connectivity index (χ2v) is 3.62. The minimum absolute atomic E-state index is 0.158. The van der Waals surface area contributed by atoms with Gasteiger partial charge in [0.05, 0.1) is 6.54 Å². The standard InChI is InChI=1S/C12H10N2O3/c1-8-11(12(15)16)5-10(17-8)7-14-4-2-3-9(14)6-13/h2-5H,7H2,1H3,(H,15,16). The van der Waals surface area contributed by atoms with E-state index >= 15 is 0 Å². The van der Waals surface area contributed by atoms with Gasteiger partial charge < -0.3 is 14.1 Å². The molecule has 0 amide bonds. The fourth-order valence-corrected chi connectivity index (χ4v) is 1.66. The lowest BCUT2D eigenvalue weighted by molar-refractivity contribution is 0.0695. The summed E-state index contributed by atoms with van der Waals surface area (Å²) in [4.78, 5) is 10.8. The Labute approximate surface area is 97.5 Å². The van der Waals surface area contributed by atoms with Crippen LogP contribution in [0.5, 0.6) is 0 Å². The first-order chi connectivity index (χ1) is 8.11. The number of aromatic nitrogens is 1. The molecule has 0 bridgehead atoms. The molecule has 1 N–H and O–H groups in total. The Morgan fingerprint density at radius 2 is 2.41 bits per heavy atom. The third-order valence-corrected chi connectivity index (χ3v) is 2.47. The summed E-state index contributed by atoms with van der Waals surface area (Å²) < 4.78 is 7.04. The average molecular weight is 230 g/mol. The number of hydrogen-bond acceptors (Lipinski definition) is 3. The zero-order chi connectivity index (χ0) is 12.4. The number of furan rings is 1. The molecule has 2 aromatic rings. The van der Waals surface area contributed by atoms with Gasteiger partial charge in [-0.3, -0.25) is 0 Å². The van der Waals surface area contributed by atoms with Crippen molar-refractivity contribution in [3.63, 3.8) is 0 Å². The minimum atomic E-state index is -1.01. The van der Waals surface area contributed by atoms with Crippen molar-refractivity contribution < 1.29 is 14.3 Å². The third kappa shape index (κ3) is 2.06. The summed E-state index contributed by atoms with van der Waals surface area (Å²) in [5.41, 5.74) is 0.668. The van der Waals surface area contributed by atoms with Crippen molar-refractivity contribution in [2.75, 3.05) is 0 Å². The van der Waals surface area contributed by atoms with E-state index in [0.717, 1.165) is 0 Å². The molecule has 2 rings (SSSR count).